The molecule has 1 saturated carbocycles. The molecule has 0 bridgehead atoms. The summed E-state index contributed by atoms with van der Waals surface area (Å²) in [5.41, 5.74) is 4.93. The standard InChI is InChI=1S/C8H18N2O4S2/c1-15(11,12)7-16(13,14)10-8(6-9)4-2-3-5-8/h10H,2-7,9H2,1H3. The van der Waals surface area contributed by atoms with Gasteiger partial charge in [-0.25, -0.2) is 21.6 Å². The van der Waals surface area contributed by atoms with Crippen molar-refractivity contribution >= 4 is 19.9 Å². The predicted molar refractivity (Wildman–Crippen MR) is 62.0 cm³/mol. The van der Waals surface area contributed by atoms with E-state index in [1.807, 2.05) is 0 Å². The van der Waals surface area contributed by atoms with Gasteiger partial charge in [0.15, 0.2) is 14.9 Å². The lowest BCUT2D eigenvalue weighted by Gasteiger charge is -2.27. The van der Waals surface area contributed by atoms with Crippen molar-refractivity contribution in [2.45, 2.75) is 31.2 Å². The summed E-state index contributed by atoms with van der Waals surface area (Å²) in [6.07, 6.45) is 4.08. The Hall–Kier alpha value is -0.180. The molecular weight excluding hydrogens is 252 g/mol. The van der Waals surface area contributed by atoms with Crippen molar-refractivity contribution < 1.29 is 16.8 Å². The van der Waals surface area contributed by atoms with E-state index in [0.717, 1.165) is 19.1 Å². The first-order valence-corrected chi connectivity index (χ1v) is 8.79. The Morgan fingerprint density at radius 1 is 1.19 bits per heavy atom. The van der Waals surface area contributed by atoms with Crippen molar-refractivity contribution in [1.29, 1.82) is 0 Å². The van der Waals surface area contributed by atoms with Gasteiger partial charge >= 0.3 is 0 Å². The molecule has 16 heavy (non-hydrogen) atoms. The van der Waals surface area contributed by atoms with E-state index in [-0.39, 0.29) is 6.54 Å². The first-order chi connectivity index (χ1) is 7.18. The topological polar surface area (TPSA) is 106 Å². The predicted octanol–water partition coefficient (Wildman–Crippen LogP) is -0.821. The van der Waals surface area contributed by atoms with E-state index in [1.54, 1.807) is 0 Å². The minimum absolute atomic E-state index is 0.204. The van der Waals surface area contributed by atoms with E-state index < -0.39 is 30.5 Å². The molecule has 3 N–H and O–H groups in total. The van der Waals surface area contributed by atoms with Gasteiger partial charge in [-0.05, 0) is 12.8 Å². The van der Waals surface area contributed by atoms with E-state index in [2.05, 4.69) is 4.72 Å². The molecule has 6 nitrogen and oxygen atoms in total. The van der Waals surface area contributed by atoms with E-state index >= 15 is 0 Å². The molecule has 1 fully saturated rings. The quantitative estimate of drug-likeness (QED) is 0.679. The number of nitrogens with one attached hydrogen (secondary N) is 1. The van der Waals surface area contributed by atoms with Gasteiger partial charge in [-0.2, -0.15) is 0 Å². The zero-order valence-electron chi connectivity index (χ0n) is 9.27. The molecule has 0 spiro atoms. The molecule has 0 amide bonds. The molecule has 0 unspecified atom stereocenters. The van der Waals surface area contributed by atoms with Crippen LogP contribution in [0.1, 0.15) is 25.7 Å². The molecule has 96 valence electrons. The van der Waals surface area contributed by atoms with Crippen molar-refractivity contribution in [3.05, 3.63) is 0 Å². The molecule has 8 heteroatoms. The van der Waals surface area contributed by atoms with Gasteiger partial charge in [0.05, 0.1) is 0 Å². The zero-order chi connectivity index (χ0) is 12.4. The maximum Gasteiger partial charge on any atom is 0.226 e. The van der Waals surface area contributed by atoms with Gasteiger partial charge in [0.2, 0.25) is 10.0 Å². The lowest BCUT2D eigenvalue weighted by Crippen LogP contribution is -2.52. The first kappa shape index (κ1) is 13.9. The van der Waals surface area contributed by atoms with Crippen LogP contribution in [0, 0.1) is 0 Å². The van der Waals surface area contributed by atoms with Crippen LogP contribution < -0.4 is 10.5 Å². The van der Waals surface area contributed by atoms with E-state index in [4.69, 9.17) is 5.73 Å². The average Bonchev–Trinajstić information content (AvgIpc) is 2.48. The van der Waals surface area contributed by atoms with Crippen LogP contribution in [0.3, 0.4) is 0 Å². The van der Waals surface area contributed by atoms with Crippen LogP contribution in [-0.2, 0) is 19.9 Å². The summed E-state index contributed by atoms with van der Waals surface area (Å²) in [6, 6.07) is 0. The Bertz CT molecular complexity index is 435. The van der Waals surface area contributed by atoms with Gasteiger partial charge in [0, 0.05) is 18.3 Å². The highest BCUT2D eigenvalue weighted by atomic mass is 32.3. The number of sulfonamides is 1. The summed E-state index contributed by atoms with van der Waals surface area (Å²) >= 11 is 0. The van der Waals surface area contributed by atoms with Crippen LogP contribution >= 0.6 is 0 Å². The van der Waals surface area contributed by atoms with Crippen LogP contribution in [0.5, 0.6) is 0 Å². The molecule has 0 aromatic rings. The fourth-order valence-electron chi connectivity index (χ4n) is 2.04. The maximum atomic E-state index is 11.6. The van der Waals surface area contributed by atoms with Gasteiger partial charge < -0.3 is 5.73 Å². The maximum absolute atomic E-state index is 11.6. The number of sulfone groups is 1. The van der Waals surface area contributed by atoms with Crippen LogP contribution in [0.25, 0.3) is 0 Å². The summed E-state index contributed by atoms with van der Waals surface area (Å²) in [5.74, 6) is 0. The molecule has 1 rings (SSSR count). The van der Waals surface area contributed by atoms with Crippen molar-refractivity contribution in [3.63, 3.8) is 0 Å². The van der Waals surface area contributed by atoms with Gasteiger partial charge in [0.25, 0.3) is 0 Å². The monoisotopic (exact) mass is 270 g/mol. The van der Waals surface area contributed by atoms with Crippen molar-refractivity contribution in [1.82, 2.24) is 4.72 Å². The minimum Gasteiger partial charge on any atom is -0.329 e. The highest BCUT2D eigenvalue weighted by Gasteiger charge is 2.37. The summed E-state index contributed by atoms with van der Waals surface area (Å²) < 4.78 is 47.6. The van der Waals surface area contributed by atoms with Crippen LogP contribution in [0.15, 0.2) is 0 Å². The number of hydrogen-bond acceptors (Lipinski definition) is 5. The van der Waals surface area contributed by atoms with Gasteiger partial charge in [-0.1, -0.05) is 12.8 Å². The molecule has 1 aliphatic carbocycles. The Labute approximate surface area is 96.6 Å². The second-order valence-corrected chi connectivity index (χ2v) is 8.68. The van der Waals surface area contributed by atoms with Gasteiger partial charge in [0.1, 0.15) is 0 Å². The molecule has 0 aliphatic heterocycles. The molecule has 0 atom stereocenters. The minimum atomic E-state index is -3.81. The highest BCUT2D eigenvalue weighted by Crippen LogP contribution is 2.29. The first-order valence-electron chi connectivity index (χ1n) is 5.08. The second kappa shape index (κ2) is 4.59. The molecule has 0 aromatic heterocycles. The lowest BCUT2D eigenvalue weighted by atomic mass is 10.0. The van der Waals surface area contributed by atoms with Crippen LogP contribution in [0.4, 0.5) is 0 Å². The third kappa shape index (κ3) is 4.00. The van der Waals surface area contributed by atoms with Crippen LogP contribution in [-0.4, -0.2) is 40.3 Å². The molecule has 0 aromatic carbocycles. The fraction of sp³-hybridized carbons (Fsp3) is 1.00. The summed E-state index contributed by atoms with van der Waals surface area (Å²) in [4.78, 5) is 0. The Balaban J connectivity index is 2.79. The molecule has 1 aliphatic rings. The second-order valence-electron chi connectivity index (χ2n) is 4.45. The van der Waals surface area contributed by atoms with E-state index in [0.29, 0.717) is 12.8 Å². The van der Waals surface area contributed by atoms with Gasteiger partial charge in [-0.15, -0.1) is 0 Å². The number of nitrogens with two attached hydrogens (primary N) is 1. The summed E-state index contributed by atoms with van der Waals surface area (Å²) in [6.45, 7) is 0.204. The fourth-order valence-corrected chi connectivity index (χ4v) is 5.48. The SMILES string of the molecule is CS(=O)(=O)CS(=O)(=O)NC1(CN)CCCC1. The lowest BCUT2D eigenvalue weighted by molar-refractivity contribution is 0.400. The molecular formula is C8H18N2O4S2. The van der Waals surface area contributed by atoms with Crippen LogP contribution in [0.2, 0.25) is 0 Å². The Morgan fingerprint density at radius 3 is 2.06 bits per heavy atom. The molecule has 0 saturated heterocycles. The van der Waals surface area contributed by atoms with E-state index in [9.17, 15) is 16.8 Å². The van der Waals surface area contributed by atoms with Crippen molar-refractivity contribution in [3.8, 4) is 0 Å². The Morgan fingerprint density at radius 2 is 1.69 bits per heavy atom. The summed E-state index contributed by atoms with van der Waals surface area (Å²) in [7, 11) is -7.36. The third-order valence-corrected chi connectivity index (χ3v) is 6.39. The third-order valence-electron chi connectivity index (χ3n) is 2.69. The number of rotatable bonds is 5. The highest BCUT2D eigenvalue weighted by molar-refractivity contribution is 8.06. The smallest absolute Gasteiger partial charge is 0.226 e. The Kier molecular flexibility index (Phi) is 3.99. The van der Waals surface area contributed by atoms with Gasteiger partial charge in [-0.3, -0.25) is 0 Å². The average molecular weight is 270 g/mol. The number of hydrogen-bond donors (Lipinski definition) is 2. The summed E-state index contributed by atoms with van der Waals surface area (Å²) in [5, 5.41) is -0.873. The molecule has 0 heterocycles. The normalized spacial score (nSPS) is 21.1. The largest absolute Gasteiger partial charge is 0.329 e. The van der Waals surface area contributed by atoms with Crippen molar-refractivity contribution in [2.75, 3.05) is 17.9 Å². The van der Waals surface area contributed by atoms with E-state index in [1.165, 1.54) is 0 Å². The van der Waals surface area contributed by atoms with Crippen molar-refractivity contribution in [2.24, 2.45) is 5.73 Å². The molecule has 0 radical (unpaired) electrons. The zero-order valence-corrected chi connectivity index (χ0v) is 10.9.